The van der Waals surface area contributed by atoms with Crippen LogP contribution in [0.15, 0.2) is 88.3 Å². The van der Waals surface area contributed by atoms with Gasteiger partial charge in [0.25, 0.3) is 5.56 Å². The molecule has 0 aliphatic heterocycles. The van der Waals surface area contributed by atoms with Crippen LogP contribution in [0.5, 0.6) is 0 Å². The van der Waals surface area contributed by atoms with Gasteiger partial charge in [-0.2, -0.15) is 0 Å². The molecule has 33 heavy (non-hydrogen) atoms. The van der Waals surface area contributed by atoms with Crippen LogP contribution >= 0.6 is 0 Å². The Kier molecular flexibility index (Phi) is 5.48. The van der Waals surface area contributed by atoms with E-state index in [0.29, 0.717) is 23.3 Å². The number of H-pyrrole nitrogens is 1. The van der Waals surface area contributed by atoms with Gasteiger partial charge in [-0.1, -0.05) is 54.6 Å². The first kappa shape index (κ1) is 20.7. The Balaban J connectivity index is 1.46. The molecule has 0 saturated heterocycles. The third-order valence-corrected chi connectivity index (χ3v) is 5.72. The van der Waals surface area contributed by atoms with E-state index in [9.17, 15) is 9.59 Å². The number of carbonyl (C=O) groups excluding carboxylic acids is 1. The highest BCUT2D eigenvalue weighted by atomic mass is 16.3. The number of hydrogen-bond donors (Lipinski definition) is 1. The van der Waals surface area contributed by atoms with Crippen molar-refractivity contribution in [1.29, 1.82) is 0 Å². The first-order valence-corrected chi connectivity index (χ1v) is 10.8. The number of furan rings is 1. The van der Waals surface area contributed by atoms with Crippen molar-refractivity contribution in [2.75, 3.05) is 0 Å². The first-order chi connectivity index (χ1) is 16.1. The van der Waals surface area contributed by atoms with E-state index in [2.05, 4.69) is 9.97 Å². The van der Waals surface area contributed by atoms with Gasteiger partial charge in [-0.05, 0) is 36.2 Å². The summed E-state index contributed by atoms with van der Waals surface area (Å²) in [5, 5.41) is 1.47. The van der Waals surface area contributed by atoms with Crippen LogP contribution in [0.3, 0.4) is 0 Å². The highest BCUT2D eigenvalue weighted by Gasteiger charge is 2.19. The molecule has 0 unspecified atom stereocenters. The van der Waals surface area contributed by atoms with E-state index in [1.165, 1.54) is 0 Å². The van der Waals surface area contributed by atoms with Gasteiger partial charge in [-0.3, -0.25) is 9.59 Å². The van der Waals surface area contributed by atoms with Crippen LogP contribution in [-0.2, 0) is 24.3 Å². The zero-order valence-electron chi connectivity index (χ0n) is 18.2. The fourth-order valence-electron chi connectivity index (χ4n) is 4.03. The molecule has 0 radical (unpaired) electrons. The monoisotopic (exact) mass is 437 g/mol. The van der Waals surface area contributed by atoms with Crippen molar-refractivity contribution < 1.29 is 9.21 Å². The van der Waals surface area contributed by atoms with Gasteiger partial charge in [-0.15, -0.1) is 0 Å². The van der Waals surface area contributed by atoms with Crippen molar-refractivity contribution in [1.82, 2.24) is 14.9 Å². The minimum atomic E-state index is -0.209. The van der Waals surface area contributed by atoms with Gasteiger partial charge >= 0.3 is 0 Å². The van der Waals surface area contributed by atoms with Gasteiger partial charge in [-0.25, -0.2) is 4.98 Å². The number of para-hydroxylation sites is 1. The zero-order chi connectivity index (χ0) is 22.8. The molecule has 2 heterocycles. The number of hydrogen-bond acceptors (Lipinski definition) is 4. The number of amides is 1. The number of carbonyl (C=O) groups is 1. The predicted molar refractivity (Wildman–Crippen MR) is 128 cm³/mol. The second-order valence-electron chi connectivity index (χ2n) is 8.20. The van der Waals surface area contributed by atoms with Crippen LogP contribution in [0.1, 0.15) is 22.5 Å². The van der Waals surface area contributed by atoms with E-state index in [-0.39, 0.29) is 24.4 Å². The van der Waals surface area contributed by atoms with Crippen molar-refractivity contribution in [2.45, 2.75) is 26.4 Å². The van der Waals surface area contributed by atoms with Gasteiger partial charge in [0.15, 0.2) is 0 Å². The molecule has 0 aliphatic carbocycles. The summed E-state index contributed by atoms with van der Waals surface area (Å²) in [6, 6.07) is 22.9. The Morgan fingerprint density at radius 2 is 1.76 bits per heavy atom. The number of fused-ring (bicyclic) bond motifs is 2. The number of nitrogens with one attached hydrogen (secondary N) is 1. The number of aromatic amines is 1. The van der Waals surface area contributed by atoms with E-state index in [4.69, 9.17) is 4.42 Å². The van der Waals surface area contributed by atoms with Crippen LogP contribution in [-0.4, -0.2) is 20.8 Å². The average Bonchev–Trinajstić information content (AvgIpc) is 3.21. The number of aromatic nitrogens is 2. The molecular formula is C27H23N3O3. The lowest BCUT2D eigenvalue weighted by molar-refractivity contribution is -0.131. The summed E-state index contributed by atoms with van der Waals surface area (Å²) in [5.41, 5.74) is 4.12. The summed E-state index contributed by atoms with van der Waals surface area (Å²) in [5.74, 6) is 0.383. The molecule has 6 nitrogen and oxygen atoms in total. The van der Waals surface area contributed by atoms with Crippen LogP contribution in [0.4, 0.5) is 0 Å². The van der Waals surface area contributed by atoms with E-state index in [1.807, 2.05) is 61.5 Å². The van der Waals surface area contributed by atoms with Gasteiger partial charge in [0.1, 0.15) is 11.4 Å². The minimum absolute atomic E-state index is 0.0714. The normalized spacial score (nSPS) is 11.2. The van der Waals surface area contributed by atoms with Crippen molar-refractivity contribution in [2.24, 2.45) is 0 Å². The van der Waals surface area contributed by atoms with E-state index in [0.717, 1.165) is 27.7 Å². The van der Waals surface area contributed by atoms with Crippen LogP contribution in [0.25, 0.3) is 21.9 Å². The largest absolute Gasteiger partial charge is 0.464 e. The quantitative estimate of drug-likeness (QED) is 0.416. The van der Waals surface area contributed by atoms with Crippen LogP contribution in [0, 0.1) is 6.92 Å². The molecule has 0 spiro atoms. The van der Waals surface area contributed by atoms with E-state index >= 15 is 0 Å². The van der Waals surface area contributed by atoms with Gasteiger partial charge in [0.05, 0.1) is 30.1 Å². The summed E-state index contributed by atoms with van der Waals surface area (Å²) in [6.45, 7) is 2.61. The Labute approximate surface area is 190 Å². The standard InChI is InChI=1S/C27H23N3O3/c1-18-11-12-21-20(17-33-24(21)13-18)14-26(31)30(15-19-7-3-2-4-8-19)16-25-28-23-10-6-5-9-22(23)27(32)29-25/h2-13,17H,14-16H2,1H3,(H,28,29,32). The number of benzene rings is 3. The first-order valence-electron chi connectivity index (χ1n) is 10.8. The molecule has 3 aromatic carbocycles. The summed E-state index contributed by atoms with van der Waals surface area (Å²) < 4.78 is 5.68. The fraction of sp³-hybridized carbons (Fsp3) is 0.148. The molecule has 0 atom stereocenters. The van der Waals surface area contributed by atoms with Gasteiger partial charge in [0.2, 0.25) is 5.91 Å². The second kappa shape index (κ2) is 8.74. The molecule has 164 valence electrons. The lowest BCUT2D eigenvalue weighted by Gasteiger charge is -2.22. The molecule has 6 heteroatoms. The molecule has 0 saturated carbocycles. The lowest BCUT2D eigenvalue weighted by Crippen LogP contribution is -2.32. The van der Waals surface area contributed by atoms with Gasteiger partial charge < -0.3 is 14.3 Å². The smallest absolute Gasteiger partial charge is 0.258 e. The summed E-state index contributed by atoms with van der Waals surface area (Å²) in [4.78, 5) is 35.1. The molecule has 5 rings (SSSR count). The van der Waals surface area contributed by atoms with E-state index in [1.54, 1.807) is 29.4 Å². The average molecular weight is 437 g/mol. The highest BCUT2D eigenvalue weighted by molar-refractivity contribution is 5.88. The topological polar surface area (TPSA) is 79.2 Å². The Morgan fingerprint density at radius 1 is 0.970 bits per heavy atom. The predicted octanol–water partition coefficient (Wildman–Crippen LogP) is 4.75. The Bertz CT molecular complexity index is 1500. The van der Waals surface area contributed by atoms with E-state index < -0.39 is 0 Å². The molecule has 1 N–H and O–H groups in total. The maximum absolute atomic E-state index is 13.4. The highest BCUT2D eigenvalue weighted by Crippen LogP contribution is 2.23. The summed E-state index contributed by atoms with van der Waals surface area (Å²) in [7, 11) is 0. The third kappa shape index (κ3) is 4.41. The minimum Gasteiger partial charge on any atom is -0.464 e. The zero-order valence-corrected chi connectivity index (χ0v) is 18.2. The van der Waals surface area contributed by atoms with Crippen molar-refractivity contribution in [3.63, 3.8) is 0 Å². The fourth-order valence-corrected chi connectivity index (χ4v) is 4.03. The number of aryl methyl sites for hydroxylation is 1. The Hall–Kier alpha value is -4.19. The van der Waals surface area contributed by atoms with Crippen molar-refractivity contribution in [3.05, 3.63) is 112 Å². The lowest BCUT2D eigenvalue weighted by atomic mass is 10.1. The summed E-state index contributed by atoms with van der Waals surface area (Å²) in [6.07, 6.45) is 1.85. The molecule has 0 bridgehead atoms. The van der Waals surface area contributed by atoms with Crippen LogP contribution in [0.2, 0.25) is 0 Å². The van der Waals surface area contributed by atoms with Crippen molar-refractivity contribution >= 4 is 27.8 Å². The molecule has 0 fully saturated rings. The molecule has 5 aromatic rings. The Morgan fingerprint density at radius 3 is 2.61 bits per heavy atom. The van der Waals surface area contributed by atoms with Crippen LogP contribution < -0.4 is 5.56 Å². The molecule has 2 aromatic heterocycles. The number of rotatable bonds is 6. The maximum atomic E-state index is 13.4. The molecule has 0 aliphatic rings. The van der Waals surface area contributed by atoms with Gasteiger partial charge in [0, 0.05) is 17.5 Å². The SMILES string of the molecule is Cc1ccc2c(CC(=O)N(Cc3ccccc3)Cc3nc4ccccc4c(=O)[nH]3)coc2c1. The summed E-state index contributed by atoms with van der Waals surface area (Å²) >= 11 is 0. The molecular weight excluding hydrogens is 414 g/mol. The maximum Gasteiger partial charge on any atom is 0.258 e. The third-order valence-electron chi connectivity index (χ3n) is 5.72. The molecule has 1 amide bonds. The number of nitrogens with zero attached hydrogens (tertiary/aromatic N) is 2. The van der Waals surface area contributed by atoms with Crippen molar-refractivity contribution in [3.8, 4) is 0 Å². The second-order valence-corrected chi connectivity index (χ2v) is 8.20.